The topological polar surface area (TPSA) is 44.8 Å². The third kappa shape index (κ3) is 5.64. The highest BCUT2D eigenvalue weighted by Gasteiger charge is 2.35. The van der Waals surface area contributed by atoms with Crippen LogP contribution in [0.2, 0.25) is 0 Å². The van der Waals surface area contributed by atoms with Crippen LogP contribution in [-0.2, 0) is 30.2 Å². The van der Waals surface area contributed by atoms with Crippen LogP contribution in [0, 0.1) is 0 Å². The lowest BCUT2D eigenvalue weighted by atomic mass is 10.1. The maximum Gasteiger partial charge on any atom is 0.185 e. The summed E-state index contributed by atoms with van der Waals surface area (Å²) in [5.41, 5.74) is 0. The van der Waals surface area contributed by atoms with E-state index in [-0.39, 0.29) is 18.3 Å². The first-order valence-corrected chi connectivity index (χ1v) is 11.6. The van der Waals surface area contributed by atoms with Crippen molar-refractivity contribution < 1.29 is 18.3 Å². The number of rotatable bonds is 5. The molecule has 18 heavy (non-hydrogen) atoms. The first-order valence-electron chi connectivity index (χ1n) is 5.84. The summed E-state index contributed by atoms with van der Waals surface area (Å²) in [6.07, 6.45) is 2.43. The summed E-state index contributed by atoms with van der Waals surface area (Å²) in [5.74, 6) is 1.72. The Morgan fingerprint density at radius 1 is 1.39 bits per heavy atom. The van der Waals surface area contributed by atoms with Crippen molar-refractivity contribution in [2.45, 2.75) is 31.7 Å². The van der Waals surface area contributed by atoms with Gasteiger partial charge in [0, 0.05) is 20.2 Å². The summed E-state index contributed by atoms with van der Waals surface area (Å²) in [6.45, 7) is 5.03. The Morgan fingerprint density at radius 3 is 2.50 bits per heavy atom. The molecule has 0 aromatic rings. The Bertz CT molecular complexity index is 404. The van der Waals surface area contributed by atoms with E-state index >= 15 is 0 Å². The van der Waals surface area contributed by atoms with Gasteiger partial charge in [-0.3, -0.25) is 0 Å². The number of ether oxygens (including phenoxy) is 1. The van der Waals surface area contributed by atoms with Crippen molar-refractivity contribution in [2.75, 3.05) is 27.1 Å². The lowest BCUT2D eigenvalue weighted by Gasteiger charge is -2.22. The molecule has 4 atom stereocenters. The van der Waals surface area contributed by atoms with E-state index < -0.39 is 13.6 Å². The van der Waals surface area contributed by atoms with Crippen molar-refractivity contribution in [3.8, 4) is 0 Å². The third-order valence-corrected chi connectivity index (χ3v) is 5.53. The van der Waals surface area contributed by atoms with Gasteiger partial charge in [0.2, 0.25) is 0 Å². The maximum atomic E-state index is 11.7. The van der Waals surface area contributed by atoms with Crippen molar-refractivity contribution in [2.24, 2.45) is 0 Å². The smallest absolute Gasteiger partial charge is 0.185 e. The predicted octanol–water partition coefficient (Wildman–Crippen LogP) is 3.27. The van der Waals surface area contributed by atoms with Crippen LogP contribution in [0.3, 0.4) is 0 Å². The molecule has 1 unspecified atom stereocenters. The van der Waals surface area contributed by atoms with Gasteiger partial charge in [-0.1, -0.05) is 0 Å². The van der Waals surface area contributed by atoms with Crippen molar-refractivity contribution in [3.63, 3.8) is 0 Å². The molecule has 1 saturated heterocycles. The second-order valence-corrected chi connectivity index (χ2v) is 12.3. The van der Waals surface area contributed by atoms with E-state index in [0.29, 0.717) is 0 Å². The standard InChI is InChI=1S/C11H22O4P2S/c1-9-8-11(15-17(5,18)13-2)10(14-9)6-7-16(3,4)12/h6-7,9-11H,8H2,1-5H3/b7-6+/t9-,10+,11-,17?/m0/s1. The SMILES string of the molecule is COP(C)(=S)O[C@H]1C[C@H](C)O[C@@H]1/C=C/P(C)(C)=O. The zero-order valence-corrected chi connectivity index (χ0v) is 14.1. The van der Waals surface area contributed by atoms with E-state index in [9.17, 15) is 4.57 Å². The van der Waals surface area contributed by atoms with Gasteiger partial charge >= 0.3 is 0 Å². The first kappa shape index (κ1) is 16.6. The average molecular weight is 312 g/mol. The Morgan fingerprint density at radius 2 is 2.00 bits per heavy atom. The highest BCUT2D eigenvalue weighted by molar-refractivity contribution is 8.09. The normalized spacial score (nSPS) is 32.8. The second kappa shape index (κ2) is 6.30. The zero-order valence-electron chi connectivity index (χ0n) is 11.5. The van der Waals surface area contributed by atoms with Crippen LogP contribution >= 0.6 is 13.6 Å². The summed E-state index contributed by atoms with van der Waals surface area (Å²) in [6, 6.07) is 0. The molecule has 0 amide bonds. The van der Waals surface area contributed by atoms with E-state index in [2.05, 4.69) is 0 Å². The summed E-state index contributed by atoms with van der Waals surface area (Å²) in [5, 5.41) is 0. The van der Waals surface area contributed by atoms with E-state index in [1.54, 1.807) is 32.9 Å². The van der Waals surface area contributed by atoms with Crippen LogP contribution in [0.1, 0.15) is 13.3 Å². The lowest BCUT2D eigenvalue weighted by Crippen LogP contribution is -2.21. The minimum absolute atomic E-state index is 0.112. The van der Waals surface area contributed by atoms with Gasteiger partial charge in [0.15, 0.2) is 6.49 Å². The van der Waals surface area contributed by atoms with Crippen LogP contribution < -0.4 is 0 Å². The molecule has 0 aliphatic carbocycles. The fourth-order valence-electron chi connectivity index (χ4n) is 1.73. The average Bonchev–Trinajstić information content (AvgIpc) is 2.54. The van der Waals surface area contributed by atoms with Gasteiger partial charge in [-0.25, -0.2) is 0 Å². The molecular formula is C11H22O4P2S. The van der Waals surface area contributed by atoms with Gasteiger partial charge in [-0.2, -0.15) is 0 Å². The molecule has 0 aromatic carbocycles. The molecule has 1 fully saturated rings. The highest BCUT2D eigenvalue weighted by Crippen LogP contribution is 2.47. The van der Waals surface area contributed by atoms with E-state index in [0.717, 1.165) is 6.42 Å². The molecule has 0 radical (unpaired) electrons. The molecular weight excluding hydrogens is 290 g/mol. The highest BCUT2D eigenvalue weighted by atomic mass is 32.5. The minimum Gasteiger partial charge on any atom is -0.368 e. The molecule has 0 saturated carbocycles. The van der Waals surface area contributed by atoms with E-state index in [1.165, 1.54) is 0 Å². The van der Waals surface area contributed by atoms with Gasteiger partial charge in [0.05, 0.1) is 12.2 Å². The van der Waals surface area contributed by atoms with Gasteiger partial charge < -0.3 is 18.3 Å². The Kier molecular flexibility index (Phi) is 5.79. The lowest BCUT2D eigenvalue weighted by molar-refractivity contribution is 0.0539. The Balaban J connectivity index is 2.74. The van der Waals surface area contributed by atoms with Crippen LogP contribution in [0.25, 0.3) is 0 Å². The van der Waals surface area contributed by atoms with Gasteiger partial charge in [0.25, 0.3) is 0 Å². The third-order valence-electron chi connectivity index (χ3n) is 2.61. The van der Waals surface area contributed by atoms with Crippen molar-refractivity contribution in [1.82, 2.24) is 0 Å². The molecule has 7 heteroatoms. The fraction of sp³-hybridized carbons (Fsp3) is 0.818. The molecule has 4 nitrogen and oxygen atoms in total. The van der Waals surface area contributed by atoms with Crippen LogP contribution in [0.4, 0.5) is 0 Å². The van der Waals surface area contributed by atoms with Gasteiger partial charge in [-0.15, -0.1) is 0 Å². The molecule has 0 aromatic heterocycles. The van der Waals surface area contributed by atoms with Gasteiger partial charge in [-0.05, 0) is 44.0 Å². The minimum atomic E-state index is -2.20. The molecule has 0 bridgehead atoms. The molecule has 0 N–H and O–H groups in total. The monoisotopic (exact) mass is 312 g/mol. The summed E-state index contributed by atoms with van der Waals surface area (Å²) < 4.78 is 28.5. The molecule has 1 heterocycles. The van der Waals surface area contributed by atoms with Crippen molar-refractivity contribution in [1.29, 1.82) is 0 Å². The Hall–Kier alpha value is 0.500. The number of hydrogen-bond donors (Lipinski definition) is 0. The Labute approximate surface area is 115 Å². The van der Waals surface area contributed by atoms with Crippen LogP contribution in [0.5, 0.6) is 0 Å². The molecule has 1 aliphatic heterocycles. The van der Waals surface area contributed by atoms with E-state index in [4.69, 9.17) is 25.6 Å². The fourth-order valence-corrected chi connectivity index (χ4v) is 3.43. The molecule has 0 spiro atoms. The summed E-state index contributed by atoms with van der Waals surface area (Å²) >= 11 is 5.26. The van der Waals surface area contributed by atoms with Crippen molar-refractivity contribution in [3.05, 3.63) is 11.9 Å². The predicted molar refractivity (Wildman–Crippen MR) is 79.6 cm³/mol. The number of hydrogen-bond acceptors (Lipinski definition) is 5. The first-order chi connectivity index (χ1) is 8.13. The summed E-state index contributed by atoms with van der Waals surface area (Å²) in [7, 11) is -0.620. The second-order valence-electron chi connectivity index (χ2n) is 5.02. The largest absolute Gasteiger partial charge is 0.368 e. The summed E-state index contributed by atoms with van der Waals surface area (Å²) in [4.78, 5) is 0. The zero-order chi connectivity index (χ0) is 14.0. The van der Waals surface area contributed by atoms with E-state index in [1.807, 2.05) is 13.0 Å². The van der Waals surface area contributed by atoms with Crippen LogP contribution in [0.15, 0.2) is 11.9 Å². The maximum absolute atomic E-state index is 11.7. The quantitative estimate of drug-likeness (QED) is 0.729. The molecule has 106 valence electrons. The van der Waals surface area contributed by atoms with Crippen LogP contribution in [-0.4, -0.2) is 45.4 Å². The van der Waals surface area contributed by atoms with Crippen molar-refractivity contribution >= 4 is 25.4 Å². The molecule has 1 rings (SSSR count). The van der Waals surface area contributed by atoms with Gasteiger partial charge in [0.1, 0.15) is 13.2 Å². The molecule has 1 aliphatic rings.